The lowest BCUT2D eigenvalue weighted by Crippen LogP contribution is -2.45. The van der Waals surface area contributed by atoms with Crippen molar-refractivity contribution in [2.24, 2.45) is 0 Å². The van der Waals surface area contributed by atoms with Crippen LogP contribution in [0.2, 0.25) is 5.15 Å². The number of piperazine rings is 1. The third kappa shape index (κ3) is 2.45. The predicted octanol–water partition coefficient (Wildman–Crippen LogP) is 0.790. The summed E-state index contributed by atoms with van der Waals surface area (Å²) in [5.41, 5.74) is -0.210. The first kappa shape index (κ1) is 12.0. The summed E-state index contributed by atoms with van der Waals surface area (Å²) >= 11 is 5.74. The molecule has 1 saturated heterocycles. The zero-order valence-corrected chi connectivity index (χ0v) is 10.1. The average molecular weight is 258 g/mol. The first-order valence-electron chi connectivity index (χ1n) is 5.18. The van der Waals surface area contributed by atoms with Gasteiger partial charge >= 0.3 is 5.69 Å². The minimum atomic E-state index is -0.532. The summed E-state index contributed by atoms with van der Waals surface area (Å²) in [7, 11) is 2.01. The number of nitrogens with zero attached hydrogens (tertiary/aromatic N) is 5. The van der Waals surface area contributed by atoms with E-state index >= 15 is 0 Å². The molecule has 0 spiro atoms. The summed E-state index contributed by atoms with van der Waals surface area (Å²) in [6, 6.07) is 0. The van der Waals surface area contributed by atoms with Gasteiger partial charge in [-0.2, -0.15) is 0 Å². The largest absolute Gasteiger partial charge is 0.348 e. The quantitative estimate of drug-likeness (QED) is 0.443. The Balaban J connectivity index is 2.32. The number of rotatable bonds is 2. The summed E-state index contributed by atoms with van der Waals surface area (Å²) < 4.78 is 0. The van der Waals surface area contributed by atoms with Crippen molar-refractivity contribution in [3.05, 3.63) is 21.6 Å². The molecule has 1 aliphatic heterocycles. The van der Waals surface area contributed by atoms with Gasteiger partial charge in [0.1, 0.15) is 6.33 Å². The summed E-state index contributed by atoms with van der Waals surface area (Å²) in [5.74, 6) is 0.308. The maximum atomic E-state index is 11.0. The molecule has 0 amide bonds. The summed E-state index contributed by atoms with van der Waals surface area (Å²) in [4.78, 5) is 22.1. The fraction of sp³-hybridized carbons (Fsp3) is 0.556. The Bertz CT molecular complexity index is 433. The van der Waals surface area contributed by atoms with Crippen LogP contribution in [0, 0.1) is 10.1 Å². The first-order chi connectivity index (χ1) is 8.09. The highest BCUT2D eigenvalue weighted by Gasteiger charge is 2.27. The fourth-order valence-electron chi connectivity index (χ4n) is 1.76. The van der Waals surface area contributed by atoms with E-state index in [1.807, 2.05) is 11.9 Å². The van der Waals surface area contributed by atoms with E-state index in [9.17, 15) is 10.1 Å². The molecule has 1 aliphatic rings. The highest BCUT2D eigenvalue weighted by Crippen LogP contribution is 2.31. The molecule has 7 nitrogen and oxygen atoms in total. The predicted molar refractivity (Wildman–Crippen MR) is 63.4 cm³/mol. The zero-order valence-electron chi connectivity index (χ0n) is 9.34. The van der Waals surface area contributed by atoms with Crippen LogP contribution >= 0.6 is 11.6 Å². The zero-order chi connectivity index (χ0) is 12.4. The lowest BCUT2D eigenvalue weighted by Gasteiger charge is -2.32. The van der Waals surface area contributed by atoms with Crippen LogP contribution in [0.3, 0.4) is 0 Å². The molecular weight excluding hydrogens is 246 g/mol. The summed E-state index contributed by atoms with van der Waals surface area (Å²) in [6.45, 7) is 3.09. The molecule has 1 fully saturated rings. The maximum absolute atomic E-state index is 11.0. The second kappa shape index (κ2) is 4.80. The van der Waals surface area contributed by atoms with Gasteiger partial charge in [-0.15, -0.1) is 0 Å². The molecule has 0 aliphatic carbocycles. The smallest absolute Gasteiger partial charge is 0.348 e. The van der Waals surface area contributed by atoms with E-state index in [4.69, 9.17) is 11.6 Å². The molecule has 0 radical (unpaired) electrons. The molecule has 8 heteroatoms. The van der Waals surface area contributed by atoms with Gasteiger partial charge in [0.2, 0.25) is 11.0 Å². The van der Waals surface area contributed by atoms with Crippen molar-refractivity contribution in [1.29, 1.82) is 0 Å². The van der Waals surface area contributed by atoms with Crippen LogP contribution in [0.15, 0.2) is 6.33 Å². The van der Waals surface area contributed by atoms with E-state index < -0.39 is 4.92 Å². The average Bonchev–Trinajstić information content (AvgIpc) is 2.29. The molecule has 0 N–H and O–H groups in total. The number of nitro groups is 1. The topological polar surface area (TPSA) is 75.4 Å². The number of halogens is 1. The van der Waals surface area contributed by atoms with Crippen LogP contribution in [-0.4, -0.2) is 53.0 Å². The molecule has 17 heavy (non-hydrogen) atoms. The van der Waals surface area contributed by atoms with E-state index in [0.29, 0.717) is 18.9 Å². The molecule has 1 aromatic rings. The van der Waals surface area contributed by atoms with E-state index in [1.165, 1.54) is 6.33 Å². The molecule has 92 valence electrons. The van der Waals surface area contributed by atoms with E-state index in [1.54, 1.807) is 0 Å². The van der Waals surface area contributed by atoms with Gasteiger partial charge in [0.25, 0.3) is 0 Å². The Morgan fingerprint density at radius 1 is 1.35 bits per heavy atom. The number of hydrogen-bond acceptors (Lipinski definition) is 6. The second-order valence-electron chi connectivity index (χ2n) is 3.88. The van der Waals surface area contributed by atoms with Gasteiger partial charge in [-0.05, 0) is 7.05 Å². The van der Waals surface area contributed by atoms with E-state index in [-0.39, 0.29) is 10.8 Å². The van der Waals surface area contributed by atoms with Gasteiger partial charge in [-0.3, -0.25) is 10.1 Å². The van der Waals surface area contributed by atoms with Gasteiger partial charge in [-0.25, -0.2) is 9.97 Å². The monoisotopic (exact) mass is 257 g/mol. The summed E-state index contributed by atoms with van der Waals surface area (Å²) in [5, 5.41) is 10.8. The van der Waals surface area contributed by atoms with Crippen molar-refractivity contribution in [2.75, 3.05) is 38.1 Å². The second-order valence-corrected chi connectivity index (χ2v) is 4.24. The third-order valence-corrected chi connectivity index (χ3v) is 3.02. The number of likely N-dealkylation sites (N-methyl/N-ethyl adjacent to an activating group) is 1. The molecular formula is C9H12ClN5O2. The summed E-state index contributed by atoms with van der Waals surface area (Å²) in [6.07, 6.45) is 1.25. The van der Waals surface area contributed by atoms with Crippen LogP contribution in [0.5, 0.6) is 0 Å². The van der Waals surface area contributed by atoms with Gasteiger partial charge in [0.05, 0.1) is 4.92 Å². The Morgan fingerprint density at radius 3 is 2.59 bits per heavy atom. The Kier molecular flexibility index (Phi) is 3.39. The van der Waals surface area contributed by atoms with Crippen LogP contribution in [0.25, 0.3) is 0 Å². The molecule has 0 bridgehead atoms. The highest BCUT2D eigenvalue weighted by atomic mass is 35.5. The van der Waals surface area contributed by atoms with Gasteiger partial charge in [0.15, 0.2) is 0 Å². The van der Waals surface area contributed by atoms with Crippen molar-refractivity contribution in [1.82, 2.24) is 14.9 Å². The molecule has 0 atom stereocenters. The Hall–Kier alpha value is -1.47. The molecule has 0 unspecified atom stereocenters. The minimum absolute atomic E-state index is 0.112. The number of aromatic nitrogens is 2. The lowest BCUT2D eigenvalue weighted by molar-refractivity contribution is -0.384. The molecule has 2 rings (SSSR count). The van der Waals surface area contributed by atoms with E-state index in [0.717, 1.165) is 13.1 Å². The van der Waals surface area contributed by atoms with Crippen molar-refractivity contribution >= 4 is 23.1 Å². The molecule has 0 aromatic carbocycles. The van der Waals surface area contributed by atoms with Crippen molar-refractivity contribution < 1.29 is 4.92 Å². The first-order valence-corrected chi connectivity index (χ1v) is 5.56. The Labute approximate surface area is 103 Å². The normalized spacial score (nSPS) is 17.2. The van der Waals surface area contributed by atoms with Crippen molar-refractivity contribution in [3.8, 4) is 0 Å². The van der Waals surface area contributed by atoms with E-state index in [2.05, 4.69) is 14.9 Å². The van der Waals surface area contributed by atoms with Crippen LogP contribution < -0.4 is 4.90 Å². The van der Waals surface area contributed by atoms with Gasteiger partial charge in [0, 0.05) is 26.2 Å². The molecule has 0 saturated carbocycles. The van der Waals surface area contributed by atoms with Crippen LogP contribution in [0.4, 0.5) is 11.5 Å². The van der Waals surface area contributed by atoms with Gasteiger partial charge in [-0.1, -0.05) is 11.6 Å². The Morgan fingerprint density at radius 2 is 2.00 bits per heavy atom. The highest BCUT2D eigenvalue weighted by molar-refractivity contribution is 6.31. The van der Waals surface area contributed by atoms with Crippen molar-refractivity contribution in [2.45, 2.75) is 0 Å². The van der Waals surface area contributed by atoms with Crippen LogP contribution in [-0.2, 0) is 0 Å². The molecule has 1 aromatic heterocycles. The van der Waals surface area contributed by atoms with Crippen LogP contribution in [0.1, 0.15) is 0 Å². The fourth-order valence-corrected chi connectivity index (χ4v) is 1.95. The van der Waals surface area contributed by atoms with Crippen molar-refractivity contribution in [3.63, 3.8) is 0 Å². The van der Waals surface area contributed by atoms with Gasteiger partial charge < -0.3 is 9.80 Å². The number of anilines is 1. The maximum Gasteiger partial charge on any atom is 0.348 e. The third-order valence-electron chi connectivity index (χ3n) is 2.74. The minimum Gasteiger partial charge on any atom is -0.348 e. The number of hydrogen-bond donors (Lipinski definition) is 0. The SMILES string of the molecule is CN1CCN(c2ncnc(Cl)c2[N+](=O)[O-])CC1. The molecule has 2 heterocycles. The standard InChI is InChI=1S/C9H12ClN5O2/c1-13-2-4-14(5-3-13)9-7(15(16)17)8(10)11-6-12-9/h6H,2-5H2,1H3. The lowest BCUT2D eigenvalue weighted by atomic mass is 10.3.